The average molecular weight is 241 g/mol. The predicted octanol–water partition coefficient (Wildman–Crippen LogP) is 1.88. The third-order valence-corrected chi connectivity index (χ3v) is 1.50. The lowest BCUT2D eigenvalue weighted by Crippen LogP contribution is -1.87. The molecule has 0 spiro atoms. The number of alkyl halides is 1. The quantitative estimate of drug-likeness (QED) is 0.237. The van der Waals surface area contributed by atoms with Gasteiger partial charge in [0.1, 0.15) is 0 Å². The van der Waals surface area contributed by atoms with Gasteiger partial charge in [-0.2, -0.15) is 0 Å². The van der Waals surface area contributed by atoms with E-state index in [2.05, 4.69) is 27.6 Å². The van der Waals surface area contributed by atoms with Crippen molar-refractivity contribution in [3.8, 4) is 0 Å². The second kappa shape index (κ2) is 8.20. The first kappa shape index (κ1) is 9.20. The molecular weight excluding hydrogens is 229 g/mol. The Hall–Kier alpha value is 0.200. The van der Waals surface area contributed by atoms with Gasteiger partial charge in [-0.3, -0.25) is 4.99 Å². The van der Waals surface area contributed by atoms with Crippen molar-refractivity contribution < 1.29 is 4.74 Å². The molecule has 0 bridgehead atoms. The van der Waals surface area contributed by atoms with Gasteiger partial charge in [-0.25, -0.2) is 0 Å². The smallest absolute Gasteiger partial charge is 0.169 e. The summed E-state index contributed by atoms with van der Waals surface area (Å²) in [6.07, 6.45) is 2.68. The van der Waals surface area contributed by atoms with Gasteiger partial charge in [0.05, 0.1) is 6.61 Å². The average Bonchev–Trinajstić information content (AvgIpc) is 1.89. The van der Waals surface area contributed by atoms with Crippen LogP contribution in [0, 0.1) is 0 Å². The zero-order valence-electron chi connectivity index (χ0n) is 5.64. The second-order valence-electron chi connectivity index (χ2n) is 1.51. The van der Waals surface area contributed by atoms with Crippen molar-refractivity contribution in [3.05, 3.63) is 0 Å². The Morgan fingerprint density at radius 1 is 1.67 bits per heavy atom. The maximum Gasteiger partial charge on any atom is 0.169 e. The number of rotatable bonds is 5. The van der Waals surface area contributed by atoms with E-state index in [4.69, 9.17) is 4.74 Å². The van der Waals surface area contributed by atoms with E-state index in [1.54, 1.807) is 0 Å². The van der Waals surface area contributed by atoms with Crippen LogP contribution in [-0.4, -0.2) is 24.0 Å². The topological polar surface area (TPSA) is 21.6 Å². The summed E-state index contributed by atoms with van der Waals surface area (Å²) in [5.74, 6) is 0. The van der Waals surface area contributed by atoms with Gasteiger partial charge in [-0.05, 0) is 13.3 Å². The van der Waals surface area contributed by atoms with Gasteiger partial charge < -0.3 is 4.74 Å². The lowest BCUT2D eigenvalue weighted by molar-refractivity contribution is 0.342. The maximum absolute atomic E-state index is 4.89. The van der Waals surface area contributed by atoms with Crippen LogP contribution in [0.15, 0.2) is 4.99 Å². The molecule has 0 fully saturated rings. The van der Waals surface area contributed by atoms with Crippen molar-refractivity contribution in [2.24, 2.45) is 4.99 Å². The highest BCUT2D eigenvalue weighted by molar-refractivity contribution is 14.1. The van der Waals surface area contributed by atoms with Crippen LogP contribution in [0.3, 0.4) is 0 Å². The number of hydrogen-bond donors (Lipinski definition) is 0. The third-order valence-electron chi connectivity index (χ3n) is 0.737. The van der Waals surface area contributed by atoms with E-state index < -0.39 is 0 Å². The van der Waals surface area contributed by atoms with Crippen molar-refractivity contribution in [3.63, 3.8) is 0 Å². The molecule has 9 heavy (non-hydrogen) atoms. The molecule has 0 heterocycles. The molecule has 0 saturated heterocycles. The summed E-state index contributed by atoms with van der Waals surface area (Å²) in [5.41, 5.74) is 0. The lowest BCUT2D eigenvalue weighted by Gasteiger charge is -1.90. The van der Waals surface area contributed by atoms with Crippen LogP contribution in [0.1, 0.15) is 13.3 Å². The molecule has 0 aromatic carbocycles. The Kier molecular flexibility index (Phi) is 8.38. The summed E-state index contributed by atoms with van der Waals surface area (Å²) >= 11 is 2.33. The van der Waals surface area contributed by atoms with Gasteiger partial charge in [-0.1, -0.05) is 22.6 Å². The van der Waals surface area contributed by atoms with Crippen LogP contribution in [0.4, 0.5) is 0 Å². The van der Waals surface area contributed by atoms with Gasteiger partial charge in [0.25, 0.3) is 0 Å². The van der Waals surface area contributed by atoms with Crippen LogP contribution < -0.4 is 0 Å². The largest absolute Gasteiger partial charge is 0.484 e. The fourth-order valence-electron chi connectivity index (χ4n) is 0.331. The minimum atomic E-state index is 0.716. The first-order valence-electron chi connectivity index (χ1n) is 3.07. The molecule has 0 rings (SSSR count). The van der Waals surface area contributed by atoms with Crippen molar-refractivity contribution in [1.29, 1.82) is 0 Å². The molecular formula is C6H12INO. The monoisotopic (exact) mass is 241 g/mol. The number of nitrogens with zero attached hydrogens (tertiary/aromatic N) is 1. The number of halogens is 1. The number of hydrogen-bond acceptors (Lipinski definition) is 2. The molecule has 0 aliphatic rings. The Labute approximate surface area is 69.8 Å². The summed E-state index contributed by atoms with van der Waals surface area (Å²) in [7, 11) is 0. The van der Waals surface area contributed by atoms with E-state index in [0.717, 1.165) is 13.0 Å². The molecule has 0 aliphatic heterocycles. The van der Waals surface area contributed by atoms with Crippen molar-refractivity contribution in [2.75, 3.05) is 17.6 Å². The molecule has 0 aliphatic carbocycles. The van der Waals surface area contributed by atoms with Crippen molar-refractivity contribution in [1.82, 2.24) is 0 Å². The van der Waals surface area contributed by atoms with Gasteiger partial charge in [0, 0.05) is 11.0 Å². The van der Waals surface area contributed by atoms with E-state index in [-0.39, 0.29) is 0 Å². The van der Waals surface area contributed by atoms with Gasteiger partial charge >= 0.3 is 0 Å². The lowest BCUT2D eigenvalue weighted by atomic mass is 10.5. The van der Waals surface area contributed by atoms with E-state index >= 15 is 0 Å². The van der Waals surface area contributed by atoms with Gasteiger partial charge in [0.15, 0.2) is 6.40 Å². The van der Waals surface area contributed by atoms with E-state index in [1.165, 1.54) is 10.8 Å². The molecule has 0 aromatic rings. The van der Waals surface area contributed by atoms with E-state index in [9.17, 15) is 0 Å². The standard InChI is InChI=1S/C6H12INO/c1-2-9-6-8-5-3-4-7/h6H,2-5H2,1H3. The molecule has 0 amide bonds. The van der Waals surface area contributed by atoms with Crippen LogP contribution in [0.5, 0.6) is 0 Å². The fourth-order valence-corrected chi connectivity index (χ4v) is 0.672. The molecule has 0 unspecified atom stereocenters. The molecule has 54 valence electrons. The summed E-state index contributed by atoms with van der Waals surface area (Å²) in [5, 5.41) is 0. The highest BCUT2D eigenvalue weighted by Crippen LogP contribution is 1.87. The highest BCUT2D eigenvalue weighted by atomic mass is 127. The Bertz CT molecular complexity index is 75.5. The Balaban J connectivity index is 2.86. The molecule has 0 N–H and O–H groups in total. The zero-order valence-corrected chi connectivity index (χ0v) is 7.80. The number of ether oxygens (including phenoxy) is 1. The molecule has 0 saturated carbocycles. The summed E-state index contributed by atoms with van der Waals surface area (Å²) in [6, 6.07) is 0. The molecule has 3 heteroatoms. The van der Waals surface area contributed by atoms with Crippen LogP contribution in [0.2, 0.25) is 0 Å². The molecule has 0 radical (unpaired) electrons. The van der Waals surface area contributed by atoms with Crippen LogP contribution >= 0.6 is 22.6 Å². The second-order valence-corrected chi connectivity index (χ2v) is 2.59. The van der Waals surface area contributed by atoms with Gasteiger partial charge in [0.2, 0.25) is 0 Å². The fraction of sp³-hybridized carbons (Fsp3) is 0.833. The third kappa shape index (κ3) is 8.20. The maximum atomic E-state index is 4.89. The molecule has 0 aromatic heterocycles. The summed E-state index contributed by atoms with van der Waals surface area (Å²) in [6.45, 7) is 3.56. The molecule has 0 atom stereocenters. The van der Waals surface area contributed by atoms with Crippen molar-refractivity contribution >= 4 is 29.0 Å². The Morgan fingerprint density at radius 3 is 3.00 bits per heavy atom. The predicted molar refractivity (Wildman–Crippen MR) is 48.5 cm³/mol. The SMILES string of the molecule is CCOC=NCCCI. The summed E-state index contributed by atoms with van der Waals surface area (Å²) in [4.78, 5) is 4.00. The minimum absolute atomic E-state index is 0.716. The normalized spacial score (nSPS) is 10.4. The van der Waals surface area contributed by atoms with E-state index in [0.29, 0.717) is 6.61 Å². The zero-order chi connectivity index (χ0) is 6.95. The van der Waals surface area contributed by atoms with Crippen molar-refractivity contribution in [2.45, 2.75) is 13.3 Å². The highest BCUT2D eigenvalue weighted by Gasteiger charge is 1.77. The van der Waals surface area contributed by atoms with Crippen LogP contribution in [0.25, 0.3) is 0 Å². The Morgan fingerprint density at radius 2 is 2.44 bits per heavy atom. The number of aliphatic imine (C=N–C) groups is 1. The minimum Gasteiger partial charge on any atom is -0.484 e. The first-order chi connectivity index (χ1) is 4.41. The summed E-state index contributed by atoms with van der Waals surface area (Å²) < 4.78 is 6.05. The first-order valence-corrected chi connectivity index (χ1v) is 4.60. The van der Waals surface area contributed by atoms with E-state index in [1.807, 2.05) is 6.92 Å². The van der Waals surface area contributed by atoms with Crippen LogP contribution in [-0.2, 0) is 4.74 Å². The van der Waals surface area contributed by atoms with Gasteiger partial charge in [-0.15, -0.1) is 0 Å². The molecule has 2 nitrogen and oxygen atoms in total.